The number of aromatic nitrogens is 2. The molecule has 4 aromatic carbocycles. The number of aromatic amines is 1. The molecule has 188 valence electrons. The largest absolute Gasteiger partial charge is 0.453 e. The van der Waals surface area contributed by atoms with E-state index in [1.165, 1.54) is 12.0 Å². The summed E-state index contributed by atoms with van der Waals surface area (Å²) in [5, 5.41) is 18.2. The van der Waals surface area contributed by atoms with Crippen LogP contribution < -0.4 is 15.5 Å². The van der Waals surface area contributed by atoms with Crippen molar-refractivity contribution < 1.29 is 19.4 Å². The molecule has 5 aromatic rings. The zero-order valence-corrected chi connectivity index (χ0v) is 20.3. The average molecular weight is 506 g/mol. The van der Waals surface area contributed by atoms with E-state index in [0.717, 1.165) is 11.4 Å². The highest BCUT2D eigenvalue weighted by molar-refractivity contribution is 6.12. The Morgan fingerprint density at radius 1 is 0.947 bits per heavy atom. The van der Waals surface area contributed by atoms with Gasteiger partial charge in [0, 0.05) is 33.8 Å². The van der Waals surface area contributed by atoms with Crippen LogP contribution in [-0.2, 0) is 10.5 Å². The predicted molar refractivity (Wildman–Crippen MR) is 145 cm³/mol. The fourth-order valence-electron chi connectivity index (χ4n) is 4.79. The first-order chi connectivity index (χ1) is 18.5. The van der Waals surface area contributed by atoms with Gasteiger partial charge in [-0.05, 0) is 48.5 Å². The monoisotopic (exact) mass is 505 g/mol. The van der Waals surface area contributed by atoms with Gasteiger partial charge in [0.05, 0.1) is 18.1 Å². The summed E-state index contributed by atoms with van der Waals surface area (Å²) >= 11 is 0. The number of imidazole rings is 1. The van der Waals surface area contributed by atoms with E-state index in [1.54, 1.807) is 48.5 Å². The summed E-state index contributed by atoms with van der Waals surface area (Å²) in [5.41, 5.74) is 2.84. The number of fused-ring (bicyclic) bond motifs is 2. The van der Waals surface area contributed by atoms with Crippen LogP contribution in [0.4, 0.5) is 27.8 Å². The number of hydrogen-bond acceptors (Lipinski definition) is 6. The van der Waals surface area contributed by atoms with Gasteiger partial charge in [0.1, 0.15) is 0 Å². The van der Waals surface area contributed by atoms with E-state index < -0.39 is 11.8 Å². The zero-order chi connectivity index (χ0) is 26.3. The molecule has 0 saturated carbocycles. The van der Waals surface area contributed by atoms with Crippen LogP contribution in [0.3, 0.4) is 0 Å². The van der Waals surface area contributed by atoms with Gasteiger partial charge in [-0.15, -0.1) is 0 Å². The van der Waals surface area contributed by atoms with E-state index >= 15 is 0 Å². The Balaban J connectivity index is 1.45. The van der Waals surface area contributed by atoms with Crippen molar-refractivity contribution >= 4 is 46.0 Å². The smallest absolute Gasteiger partial charge is 0.413 e. The number of para-hydroxylation sites is 1. The lowest BCUT2D eigenvalue weighted by Gasteiger charge is -2.35. The lowest BCUT2D eigenvalue weighted by atomic mass is 9.93. The number of carbonyl (C=O) groups is 2. The van der Waals surface area contributed by atoms with Gasteiger partial charge >= 0.3 is 6.09 Å². The standard InChI is InChI=1S/C29H23N5O4/c1-38-28(36)33-27-31-24-15-14-18(16-25(24)32-27)29(37)23-13-6-5-12-22(23)26(35)34(29)21-11-7-10-20(17-21)30-19-8-3-2-4-9-19/h2-17,30,37H,1H3,(H2,31,32,33,36). The maximum absolute atomic E-state index is 13.7. The van der Waals surface area contributed by atoms with Gasteiger partial charge in [0.2, 0.25) is 5.95 Å². The first-order valence-corrected chi connectivity index (χ1v) is 11.9. The third-order valence-corrected chi connectivity index (χ3v) is 6.52. The molecule has 1 aliphatic rings. The molecule has 2 amide bonds. The molecular weight excluding hydrogens is 482 g/mol. The van der Waals surface area contributed by atoms with Crippen molar-refractivity contribution in [2.45, 2.75) is 5.72 Å². The van der Waals surface area contributed by atoms with Crippen molar-refractivity contribution in [1.29, 1.82) is 0 Å². The number of nitrogens with one attached hydrogen (secondary N) is 3. The van der Waals surface area contributed by atoms with Crippen LogP contribution in [0.25, 0.3) is 11.0 Å². The lowest BCUT2D eigenvalue weighted by molar-refractivity contribution is 0.0704. The molecular formula is C29H23N5O4. The van der Waals surface area contributed by atoms with Crippen LogP contribution >= 0.6 is 0 Å². The minimum Gasteiger partial charge on any atom is -0.453 e. The summed E-state index contributed by atoms with van der Waals surface area (Å²) < 4.78 is 4.63. The molecule has 6 rings (SSSR count). The normalized spacial score (nSPS) is 16.4. The zero-order valence-electron chi connectivity index (χ0n) is 20.3. The van der Waals surface area contributed by atoms with Crippen molar-refractivity contribution in [2.75, 3.05) is 22.6 Å². The minimum absolute atomic E-state index is 0.204. The van der Waals surface area contributed by atoms with E-state index in [2.05, 4.69) is 25.3 Å². The molecule has 0 fully saturated rings. The van der Waals surface area contributed by atoms with Crippen LogP contribution in [0.1, 0.15) is 21.5 Å². The van der Waals surface area contributed by atoms with Crippen molar-refractivity contribution in [2.24, 2.45) is 0 Å². The fraction of sp³-hybridized carbons (Fsp3) is 0.0690. The molecule has 1 unspecified atom stereocenters. The molecule has 0 spiro atoms. The Morgan fingerprint density at radius 2 is 1.71 bits per heavy atom. The summed E-state index contributed by atoms with van der Waals surface area (Å²) in [6.07, 6.45) is -0.659. The molecule has 0 aliphatic carbocycles. The molecule has 1 atom stereocenters. The number of ether oxygens (including phenoxy) is 1. The molecule has 2 heterocycles. The minimum atomic E-state index is -1.80. The highest BCUT2D eigenvalue weighted by Crippen LogP contribution is 2.45. The second-order valence-electron chi connectivity index (χ2n) is 8.83. The molecule has 4 N–H and O–H groups in total. The van der Waals surface area contributed by atoms with Crippen molar-refractivity contribution in [3.63, 3.8) is 0 Å². The van der Waals surface area contributed by atoms with Gasteiger partial charge in [-0.25, -0.2) is 9.78 Å². The summed E-state index contributed by atoms with van der Waals surface area (Å²) in [4.78, 5) is 34.2. The number of rotatable bonds is 5. The van der Waals surface area contributed by atoms with Crippen molar-refractivity contribution in [3.05, 3.63) is 114 Å². The number of methoxy groups -OCH3 is 1. The first-order valence-electron chi connectivity index (χ1n) is 11.9. The second kappa shape index (κ2) is 9.06. The Morgan fingerprint density at radius 3 is 2.53 bits per heavy atom. The summed E-state index contributed by atoms with van der Waals surface area (Å²) in [5.74, 6) is -0.120. The quantitative estimate of drug-likeness (QED) is 0.256. The molecule has 38 heavy (non-hydrogen) atoms. The number of hydrogen-bond donors (Lipinski definition) is 4. The molecule has 1 aliphatic heterocycles. The van der Waals surface area contributed by atoms with Gasteiger partial charge < -0.3 is 20.1 Å². The number of nitrogens with zero attached hydrogens (tertiary/aromatic N) is 2. The van der Waals surface area contributed by atoms with Gasteiger partial charge in [0.15, 0.2) is 5.72 Å². The van der Waals surface area contributed by atoms with Gasteiger partial charge in [-0.3, -0.25) is 15.0 Å². The van der Waals surface area contributed by atoms with Crippen LogP contribution in [0.5, 0.6) is 0 Å². The SMILES string of the molecule is COC(=O)Nc1nc2cc(C3(O)c4ccccc4C(=O)N3c3cccc(Nc4ccccc4)c3)ccc2[nH]1. The van der Waals surface area contributed by atoms with E-state index in [-0.39, 0.29) is 11.9 Å². The highest BCUT2D eigenvalue weighted by atomic mass is 16.5. The predicted octanol–water partition coefficient (Wildman–Crippen LogP) is 5.34. The molecule has 0 radical (unpaired) electrons. The average Bonchev–Trinajstić information content (AvgIpc) is 3.45. The first kappa shape index (κ1) is 23.3. The Kier molecular flexibility index (Phi) is 5.54. The Labute approximate surface area is 217 Å². The summed E-state index contributed by atoms with van der Waals surface area (Å²) in [7, 11) is 1.26. The van der Waals surface area contributed by atoms with E-state index in [4.69, 9.17) is 0 Å². The molecule has 0 saturated heterocycles. The number of amides is 2. The third-order valence-electron chi connectivity index (χ3n) is 6.52. The van der Waals surface area contributed by atoms with Crippen LogP contribution in [0.15, 0.2) is 97.1 Å². The van der Waals surface area contributed by atoms with Gasteiger partial charge in [-0.2, -0.15) is 0 Å². The number of aliphatic hydroxyl groups is 1. The topological polar surface area (TPSA) is 120 Å². The third kappa shape index (κ3) is 3.82. The maximum atomic E-state index is 13.7. The van der Waals surface area contributed by atoms with Crippen molar-refractivity contribution in [1.82, 2.24) is 9.97 Å². The second-order valence-corrected chi connectivity index (χ2v) is 8.83. The van der Waals surface area contributed by atoms with Crippen LogP contribution in [-0.4, -0.2) is 34.2 Å². The van der Waals surface area contributed by atoms with E-state index in [1.807, 2.05) is 48.5 Å². The molecule has 9 heteroatoms. The van der Waals surface area contributed by atoms with Crippen LogP contribution in [0, 0.1) is 0 Å². The number of carbonyl (C=O) groups excluding carboxylic acids is 2. The van der Waals surface area contributed by atoms with Gasteiger partial charge in [0.25, 0.3) is 5.91 Å². The molecule has 9 nitrogen and oxygen atoms in total. The Bertz CT molecular complexity index is 1680. The van der Waals surface area contributed by atoms with Crippen molar-refractivity contribution in [3.8, 4) is 0 Å². The number of anilines is 4. The summed E-state index contributed by atoms with van der Waals surface area (Å²) in [6, 6.07) is 29.2. The van der Waals surface area contributed by atoms with E-state index in [0.29, 0.717) is 33.4 Å². The molecule has 1 aromatic heterocycles. The van der Waals surface area contributed by atoms with Crippen LogP contribution in [0.2, 0.25) is 0 Å². The Hall–Kier alpha value is -5.15. The molecule has 0 bridgehead atoms. The summed E-state index contributed by atoms with van der Waals surface area (Å²) in [6.45, 7) is 0. The van der Waals surface area contributed by atoms with Gasteiger partial charge in [-0.1, -0.05) is 48.5 Å². The fourth-order valence-corrected chi connectivity index (χ4v) is 4.79. The van der Waals surface area contributed by atoms with E-state index in [9.17, 15) is 14.7 Å². The lowest BCUT2D eigenvalue weighted by Crippen LogP contribution is -2.45. The number of H-pyrrole nitrogens is 1. The highest BCUT2D eigenvalue weighted by Gasteiger charge is 2.50. The maximum Gasteiger partial charge on any atom is 0.413 e. The number of benzene rings is 4.